The molecule has 1 aromatic carbocycles. The molecule has 1 aliphatic heterocycles. The van der Waals surface area contributed by atoms with Crippen molar-refractivity contribution in [3.8, 4) is 21.8 Å². The van der Waals surface area contributed by atoms with Crippen molar-refractivity contribution in [1.82, 2.24) is 25.8 Å². The summed E-state index contributed by atoms with van der Waals surface area (Å²) in [5.74, 6) is -0.260. The number of aryl methyl sites for hydroxylation is 1. The Hall–Kier alpha value is -3.82. The van der Waals surface area contributed by atoms with Gasteiger partial charge in [0.1, 0.15) is 0 Å². The quantitative estimate of drug-likeness (QED) is 0.275. The lowest BCUT2D eigenvalue weighted by Crippen LogP contribution is -2.43. The van der Waals surface area contributed by atoms with E-state index in [9.17, 15) is 9.59 Å². The first kappa shape index (κ1) is 24.9. The lowest BCUT2D eigenvalue weighted by Gasteiger charge is -2.23. The third kappa shape index (κ3) is 5.79. The molecule has 37 heavy (non-hydrogen) atoms. The topological polar surface area (TPSA) is 112 Å². The van der Waals surface area contributed by atoms with Gasteiger partial charge in [-0.15, -0.1) is 11.3 Å². The zero-order valence-electron chi connectivity index (χ0n) is 20.9. The van der Waals surface area contributed by atoms with Crippen molar-refractivity contribution in [3.05, 3.63) is 76.9 Å². The van der Waals surface area contributed by atoms with Gasteiger partial charge < -0.3 is 16.0 Å². The number of hydrogen-bond acceptors (Lipinski definition) is 6. The number of aromatic amines is 1. The fourth-order valence-electron chi connectivity index (χ4n) is 4.50. The monoisotopic (exact) mass is 514 g/mol. The van der Waals surface area contributed by atoms with Crippen molar-refractivity contribution in [3.63, 3.8) is 0 Å². The number of piperidine rings is 1. The molecule has 1 aliphatic rings. The van der Waals surface area contributed by atoms with Crippen molar-refractivity contribution < 1.29 is 9.59 Å². The first-order valence-electron chi connectivity index (χ1n) is 12.5. The molecular weight excluding hydrogens is 484 g/mol. The molecule has 0 radical (unpaired) electrons. The minimum atomic E-state index is -0.274. The Labute approximate surface area is 219 Å². The second-order valence-electron chi connectivity index (χ2n) is 9.35. The number of nitrogens with one attached hydrogen (secondary N) is 4. The minimum Gasteiger partial charge on any atom is -0.346 e. The highest BCUT2D eigenvalue weighted by atomic mass is 32.1. The lowest BCUT2D eigenvalue weighted by atomic mass is 10.0. The van der Waals surface area contributed by atoms with Crippen molar-refractivity contribution in [1.29, 1.82) is 0 Å². The summed E-state index contributed by atoms with van der Waals surface area (Å²) in [6, 6.07) is 13.0. The van der Waals surface area contributed by atoms with Crippen LogP contribution in [0.5, 0.6) is 0 Å². The Balaban J connectivity index is 1.36. The number of amides is 2. The van der Waals surface area contributed by atoms with E-state index in [2.05, 4.69) is 26.1 Å². The number of anilines is 1. The van der Waals surface area contributed by atoms with E-state index in [1.54, 1.807) is 29.8 Å². The van der Waals surface area contributed by atoms with Gasteiger partial charge in [0, 0.05) is 23.0 Å². The second kappa shape index (κ2) is 11.1. The second-order valence-corrected chi connectivity index (χ2v) is 10.3. The van der Waals surface area contributed by atoms with Crippen LogP contribution in [0.3, 0.4) is 0 Å². The largest absolute Gasteiger partial charge is 0.346 e. The van der Waals surface area contributed by atoms with E-state index in [4.69, 9.17) is 4.98 Å². The predicted octanol–water partition coefficient (Wildman–Crippen LogP) is 5.08. The van der Waals surface area contributed by atoms with Gasteiger partial charge in [-0.2, -0.15) is 5.10 Å². The number of carbonyl (C=O) groups is 2. The highest BCUT2D eigenvalue weighted by Crippen LogP contribution is 2.30. The summed E-state index contributed by atoms with van der Waals surface area (Å²) in [6.07, 6.45) is 6.49. The van der Waals surface area contributed by atoms with Gasteiger partial charge in [0.15, 0.2) is 0 Å². The Morgan fingerprint density at radius 3 is 2.73 bits per heavy atom. The van der Waals surface area contributed by atoms with Crippen molar-refractivity contribution in [2.24, 2.45) is 0 Å². The fraction of sp³-hybridized carbons (Fsp3) is 0.286. The normalized spacial score (nSPS) is 16.2. The molecule has 1 fully saturated rings. The van der Waals surface area contributed by atoms with E-state index in [1.165, 1.54) is 0 Å². The van der Waals surface area contributed by atoms with Crippen LogP contribution in [-0.4, -0.2) is 39.6 Å². The van der Waals surface area contributed by atoms with Gasteiger partial charge >= 0.3 is 0 Å². The van der Waals surface area contributed by atoms with E-state index in [0.29, 0.717) is 11.3 Å². The summed E-state index contributed by atoms with van der Waals surface area (Å²) < 4.78 is 0. The van der Waals surface area contributed by atoms with Gasteiger partial charge in [-0.3, -0.25) is 14.7 Å². The van der Waals surface area contributed by atoms with Crippen LogP contribution in [0.4, 0.5) is 5.69 Å². The maximum atomic E-state index is 13.4. The van der Waals surface area contributed by atoms with Crippen LogP contribution in [0, 0.1) is 6.92 Å². The van der Waals surface area contributed by atoms with Crippen LogP contribution in [0.25, 0.3) is 21.8 Å². The van der Waals surface area contributed by atoms with Crippen LogP contribution < -0.4 is 16.0 Å². The third-order valence-corrected chi connectivity index (χ3v) is 7.53. The van der Waals surface area contributed by atoms with E-state index >= 15 is 0 Å². The molecule has 4 heterocycles. The number of nitrogens with zero attached hydrogens (tertiary/aromatic N) is 2. The molecule has 4 aromatic rings. The van der Waals surface area contributed by atoms with E-state index in [-0.39, 0.29) is 23.9 Å². The van der Waals surface area contributed by atoms with Crippen molar-refractivity contribution in [2.45, 2.75) is 45.2 Å². The van der Waals surface area contributed by atoms with Crippen molar-refractivity contribution >= 4 is 28.8 Å². The maximum absolute atomic E-state index is 13.4. The number of rotatable bonds is 7. The number of pyridine rings is 1. The van der Waals surface area contributed by atoms with Gasteiger partial charge in [0.05, 0.1) is 34.5 Å². The summed E-state index contributed by atoms with van der Waals surface area (Å²) in [5, 5.41) is 18.3. The summed E-state index contributed by atoms with van der Waals surface area (Å²) in [6.45, 7) is 4.70. The smallest absolute Gasteiger partial charge is 0.252 e. The summed E-state index contributed by atoms with van der Waals surface area (Å²) in [5.41, 5.74) is 5.44. The van der Waals surface area contributed by atoms with E-state index < -0.39 is 0 Å². The van der Waals surface area contributed by atoms with Crippen LogP contribution in [-0.2, 0) is 4.79 Å². The van der Waals surface area contributed by atoms with Crippen LogP contribution >= 0.6 is 11.3 Å². The maximum Gasteiger partial charge on any atom is 0.252 e. The molecule has 190 valence electrons. The average molecular weight is 515 g/mol. The van der Waals surface area contributed by atoms with Gasteiger partial charge in [0.25, 0.3) is 5.91 Å². The van der Waals surface area contributed by atoms with Crippen LogP contribution in [0.15, 0.2) is 60.2 Å². The average Bonchev–Trinajstić information content (AvgIpc) is 3.65. The Bertz CT molecular complexity index is 1330. The molecule has 3 aromatic heterocycles. The molecule has 5 rings (SSSR count). The molecule has 1 unspecified atom stereocenters. The Morgan fingerprint density at radius 1 is 1.14 bits per heavy atom. The lowest BCUT2D eigenvalue weighted by molar-refractivity contribution is -0.118. The number of aromatic nitrogens is 3. The number of carbonyl (C=O) groups excluding carboxylic acids is 2. The summed E-state index contributed by atoms with van der Waals surface area (Å²) in [7, 11) is 0. The van der Waals surface area contributed by atoms with Gasteiger partial charge in [0.2, 0.25) is 5.91 Å². The standard InChI is InChI=1S/C28H30N6O2S/c1-17-8-9-21(33-28(36)23-6-3-4-10-29-23)14-22(17)27(35)32-18(2)19-12-24(20-15-30-31-16-20)34-25(13-19)26-7-5-11-37-26/h5,7-9,11-16,18,23,29H,3-4,6,10H2,1-2H3,(H,30,31)(H,32,35)(H,33,36)/t18?,23-/m1/s1. The minimum absolute atomic E-state index is 0.0621. The zero-order valence-corrected chi connectivity index (χ0v) is 21.7. The molecule has 1 saturated heterocycles. The fourth-order valence-corrected chi connectivity index (χ4v) is 5.18. The van der Waals surface area contributed by atoms with E-state index in [1.807, 2.05) is 55.6 Å². The highest BCUT2D eigenvalue weighted by Gasteiger charge is 2.22. The van der Waals surface area contributed by atoms with Crippen molar-refractivity contribution in [2.75, 3.05) is 11.9 Å². The molecule has 0 spiro atoms. The molecule has 8 nitrogen and oxygen atoms in total. The van der Waals surface area contributed by atoms with Gasteiger partial charge in [-0.1, -0.05) is 18.6 Å². The molecule has 2 atom stereocenters. The zero-order chi connectivity index (χ0) is 25.8. The molecular formula is C28H30N6O2S. The van der Waals surface area contributed by atoms with Crippen LogP contribution in [0.2, 0.25) is 0 Å². The van der Waals surface area contributed by atoms with Gasteiger partial charge in [-0.05, 0) is 80.1 Å². The first-order chi connectivity index (χ1) is 18.0. The Morgan fingerprint density at radius 2 is 2.00 bits per heavy atom. The predicted molar refractivity (Wildman–Crippen MR) is 146 cm³/mol. The third-order valence-electron chi connectivity index (χ3n) is 6.64. The molecule has 0 aliphatic carbocycles. The SMILES string of the molecule is Cc1ccc(NC(=O)[C@H]2CCCCN2)cc1C(=O)NC(C)c1cc(-c2cn[nH]c2)nc(-c2cccs2)c1. The number of hydrogen-bond donors (Lipinski definition) is 4. The molecule has 0 bridgehead atoms. The molecule has 2 amide bonds. The van der Waals surface area contributed by atoms with Crippen LogP contribution in [0.1, 0.15) is 53.7 Å². The molecule has 9 heteroatoms. The first-order valence-corrected chi connectivity index (χ1v) is 13.4. The summed E-state index contributed by atoms with van der Waals surface area (Å²) in [4.78, 5) is 31.9. The highest BCUT2D eigenvalue weighted by molar-refractivity contribution is 7.13. The molecule has 4 N–H and O–H groups in total. The number of H-pyrrole nitrogens is 1. The molecule has 0 saturated carbocycles. The Kier molecular flexibility index (Phi) is 7.43. The van der Waals surface area contributed by atoms with Gasteiger partial charge in [-0.25, -0.2) is 4.98 Å². The summed E-state index contributed by atoms with van der Waals surface area (Å²) >= 11 is 1.62. The van der Waals surface area contributed by atoms with E-state index in [0.717, 1.165) is 58.8 Å². The number of benzene rings is 1. The number of thiophene rings is 1.